The summed E-state index contributed by atoms with van der Waals surface area (Å²) in [6.45, 7) is 2.07. The van der Waals surface area contributed by atoms with Gasteiger partial charge in [-0.25, -0.2) is 0 Å². The van der Waals surface area contributed by atoms with Crippen molar-refractivity contribution in [3.8, 4) is 5.88 Å². The third-order valence-electron chi connectivity index (χ3n) is 3.17. The second kappa shape index (κ2) is 5.33. The second-order valence-corrected chi connectivity index (χ2v) is 4.29. The third-order valence-corrected chi connectivity index (χ3v) is 3.17. The van der Waals surface area contributed by atoms with Crippen molar-refractivity contribution in [2.75, 3.05) is 32.2 Å². The summed E-state index contributed by atoms with van der Waals surface area (Å²) >= 11 is 0. The number of nitrogens with zero attached hydrogens (tertiary/aromatic N) is 1. The Morgan fingerprint density at radius 1 is 1.47 bits per heavy atom. The molecule has 2 rings (SSSR count). The third kappa shape index (κ3) is 2.87. The number of nitrogens with one attached hydrogen (secondary N) is 1. The van der Waals surface area contributed by atoms with Crippen LogP contribution in [0.2, 0.25) is 0 Å². The van der Waals surface area contributed by atoms with Crippen LogP contribution in [0.4, 0.5) is 5.82 Å². The molecule has 1 saturated heterocycles. The van der Waals surface area contributed by atoms with Crippen molar-refractivity contribution in [1.29, 1.82) is 0 Å². The van der Waals surface area contributed by atoms with Crippen LogP contribution in [0.15, 0.2) is 18.2 Å². The van der Waals surface area contributed by atoms with Crippen molar-refractivity contribution in [2.45, 2.75) is 18.4 Å². The van der Waals surface area contributed by atoms with Crippen LogP contribution in [0.3, 0.4) is 0 Å². The molecule has 0 aliphatic carbocycles. The van der Waals surface area contributed by atoms with Gasteiger partial charge in [-0.05, 0) is 18.9 Å². The van der Waals surface area contributed by atoms with E-state index in [4.69, 9.17) is 15.2 Å². The molecule has 1 aromatic rings. The lowest BCUT2D eigenvalue weighted by atomic mass is 9.90. The van der Waals surface area contributed by atoms with Crippen LogP contribution in [0.5, 0.6) is 5.88 Å². The van der Waals surface area contributed by atoms with E-state index < -0.39 is 0 Å². The van der Waals surface area contributed by atoms with Gasteiger partial charge in [0.05, 0.1) is 12.6 Å². The summed E-state index contributed by atoms with van der Waals surface area (Å²) in [6.07, 6.45) is 1.81. The van der Waals surface area contributed by atoms with Gasteiger partial charge in [-0.3, -0.25) is 0 Å². The van der Waals surface area contributed by atoms with E-state index in [-0.39, 0.29) is 5.54 Å². The molecule has 5 heteroatoms. The van der Waals surface area contributed by atoms with E-state index in [1.54, 1.807) is 7.11 Å². The molecule has 0 unspecified atom stereocenters. The summed E-state index contributed by atoms with van der Waals surface area (Å²) in [4.78, 5) is 4.35. The maximum Gasteiger partial charge on any atom is 0.214 e. The molecule has 17 heavy (non-hydrogen) atoms. The molecule has 2 heterocycles. The minimum Gasteiger partial charge on any atom is -0.481 e. The Bertz CT molecular complexity index is 365. The molecule has 0 bridgehead atoms. The number of pyridine rings is 1. The number of hydrogen-bond acceptors (Lipinski definition) is 5. The highest BCUT2D eigenvalue weighted by molar-refractivity contribution is 5.40. The van der Waals surface area contributed by atoms with Gasteiger partial charge in [0.25, 0.3) is 0 Å². The van der Waals surface area contributed by atoms with Crippen LogP contribution >= 0.6 is 0 Å². The van der Waals surface area contributed by atoms with Gasteiger partial charge < -0.3 is 20.5 Å². The normalized spacial score (nSPS) is 18.7. The Labute approximate surface area is 101 Å². The molecule has 0 atom stereocenters. The summed E-state index contributed by atoms with van der Waals surface area (Å²) < 4.78 is 10.5. The number of ether oxygens (including phenoxy) is 2. The van der Waals surface area contributed by atoms with Crippen molar-refractivity contribution in [3.05, 3.63) is 18.2 Å². The average Bonchev–Trinajstić information content (AvgIpc) is 2.40. The van der Waals surface area contributed by atoms with E-state index in [1.807, 2.05) is 18.2 Å². The van der Waals surface area contributed by atoms with Crippen LogP contribution in [0.25, 0.3) is 0 Å². The van der Waals surface area contributed by atoms with Gasteiger partial charge in [0.1, 0.15) is 5.82 Å². The van der Waals surface area contributed by atoms with E-state index in [9.17, 15) is 0 Å². The van der Waals surface area contributed by atoms with Gasteiger partial charge >= 0.3 is 0 Å². The molecule has 0 radical (unpaired) electrons. The average molecular weight is 237 g/mol. The van der Waals surface area contributed by atoms with Crippen molar-refractivity contribution < 1.29 is 9.47 Å². The Morgan fingerprint density at radius 3 is 2.88 bits per heavy atom. The SMILES string of the molecule is COc1cccc(NC2(CN)CCOCC2)n1. The molecule has 1 aliphatic rings. The highest BCUT2D eigenvalue weighted by Crippen LogP contribution is 2.24. The van der Waals surface area contributed by atoms with Gasteiger partial charge in [-0.15, -0.1) is 0 Å². The van der Waals surface area contributed by atoms with E-state index in [1.165, 1.54) is 0 Å². The zero-order chi connectivity index (χ0) is 12.1. The molecule has 5 nitrogen and oxygen atoms in total. The first-order valence-electron chi connectivity index (χ1n) is 5.85. The molecule has 0 spiro atoms. The summed E-state index contributed by atoms with van der Waals surface area (Å²) in [6, 6.07) is 5.66. The molecule has 0 saturated carbocycles. The van der Waals surface area contributed by atoms with Crippen molar-refractivity contribution in [3.63, 3.8) is 0 Å². The first-order chi connectivity index (χ1) is 8.28. The highest BCUT2D eigenvalue weighted by Gasteiger charge is 2.31. The molecule has 0 aromatic carbocycles. The summed E-state index contributed by atoms with van der Waals surface area (Å²) in [5, 5.41) is 3.42. The zero-order valence-corrected chi connectivity index (χ0v) is 10.1. The standard InChI is InChI=1S/C12H19N3O2/c1-16-11-4-2-3-10(14-11)15-12(9-13)5-7-17-8-6-12/h2-4H,5-9,13H2,1H3,(H,14,15). The number of rotatable bonds is 4. The zero-order valence-electron chi connectivity index (χ0n) is 10.1. The van der Waals surface area contributed by atoms with E-state index in [0.717, 1.165) is 31.9 Å². The maximum atomic E-state index is 5.88. The molecular formula is C12H19N3O2. The maximum absolute atomic E-state index is 5.88. The number of anilines is 1. The van der Waals surface area contributed by atoms with Gasteiger partial charge in [0.15, 0.2) is 0 Å². The second-order valence-electron chi connectivity index (χ2n) is 4.29. The Morgan fingerprint density at radius 2 is 2.24 bits per heavy atom. The topological polar surface area (TPSA) is 69.4 Å². The fraction of sp³-hybridized carbons (Fsp3) is 0.583. The van der Waals surface area contributed by atoms with E-state index in [2.05, 4.69) is 10.3 Å². The molecule has 94 valence electrons. The van der Waals surface area contributed by atoms with Gasteiger partial charge in [0.2, 0.25) is 5.88 Å². The lowest BCUT2D eigenvalue weighted by Gasteiger charge is -2.37. The summed E-state index contributed by atoms with van der Waals surface area (Å²) in [5.74, 6) is 1.41. The molecule has 1 aliphatic heterocycles. The minimum absolute atomic E-state index is 0.0996. The number of hydrogen-bond donors (Lipinski definition) is 2. The number of aromatic nitrogens is 1. The van der Waals surface area contributed by atoms with Gasteiger partial charge in [-0.2, -0.15) is 4.98 Å². The first kappa shape index (κ1) is 12.1. The molecule has 3 N–H and O–H groups in total. The monoisotopic (exact) mass is 237 g/mol. The highest BCUT2D eigenvalue weighted by atomic mass is 16.5. The van der Waals surface area contributed by atoms with Crippen LogP contribution in [-0.4, -0.2) is 37.4 Å². The van der Waals surface area contributed by atoms with E-state index >= 15 is 0 Å². The molecular weight excluding hydrogens is 218 g/mol. The van der Waals surface area contributed by atoms with Crippen LogP contribution < -0.4 is 15.8 Å². The number of nitrogens with two attached hydrogens (primary N) is 1. The van der Waals surface area contributed by atoms with Crippen LogP contribution in [0, 0.1) is 0 Å². The fourth-order valence-corrected chi connectivity index (χ4v) is 2.01. The molecule has 1 aromatic heterocycles. The molecule has 1 fully saturated rings. The van der Waals surface area contributed by atoms with Crippen molar-refractivity contribution in [1.82, 2.24) is 4.98 Å². The van der Waals surface area contributed by atoms with Crippen molar-refractivity contribution in [2.24, 2.45) is 5.73 Å². The van der Waals surface area contributed by atoms with Gasteiger partial charge in [-0.1, -0.05) is 6.07 Å². The lowest BCUT2D eigenvalue weighted by Crippen LogP contribution is -2.49. The Hall–Kier alpha value is -1.33. The smallest absolute Gasteiger partial charge is 0.214 e. The Balaban J connectivity index is 2.11. The summed E-state index contributed by atoms with van der Waals surface area (Å²) in [7, 11) is 1.61. The quantitative estimate of drug-likeness (QED) is 0.818. The largest absolute Gasteiger partial charge is 0.481 e. The fourth-order valence-electron chi connectivity index (χ4n) is 2.01. The first-order valence-corrected chi connectivity index (χ1v) is 5.85. The predicted molar refractivity (Wildman–Crippen MR) is 66.3 cm³/mol. The predicted octanol–water partition coefficient (Wildman–Crippen LogP) is 1.01. The summed E-state index contributed by atoms with van der Waals surface area (Å²) in [5.41, 5.74) is 5.78. The Kier molecular flexibility index (Phi) is 3.81. The molecule has 0 amide bonds. The lowest BCUT2D eigenvalue weighted by molar-refractivity contribution is 0.0627. The van der Waals surface area contributed by atoms with Crippen molar-refractivity contribution >= 4 is 5.82 Å². The van der Waals surface area contributed by atoms with E-state index in [0.29, 0.717) is 12.4 Å². The van der Waals surface area contributed by atoms with Crippen LogP contribution in [0.1, 0.15) is 12.8 Å². The van der Waals surface area contributed by atoms with Crippen LogP contribution in [-0.2, 0) is 4.74 Å². The van der Waals surface area contributed by atoms with Gasteiger partial charge in [0, 0.05) is 25.8 Å². The number of methoxy groups -OCH3 is 1. The minimum atomic E-state index is -0.0996.